The zero-order chi connectivity index (χ0) is 62.6. The molecule has 3 atom stereocenters. The van der Waals surface area contributed by atoms with Gasteiger partial charge in [0.1, 0.15) is 25.1 Å². The van der Waals surface area contributed by atoms with Gasteiger partial charge >= 0.3 is 0 Å². The first-order chi connectivity index (χ1) is 43.5. The lowest BCUT2D eigenvalue weighted by atomic mass is 9.94. The molecule has 0 saturated carbocycles. The Hall–Kier alpha value is -5.41. The smallest absolute Gasteiger partial charge is 0.123 e. The molecule has 4 aliphatic rings. The number of thiophene rings is 4. The highest BCUT2D eigenvalue weighted by Gasteiger charge is 2.34. The highest BCUT2D eigenvalue weighted by molar-refractivity contribution is 7.23. The lowest BCUT2D eigenvalue weighted by Gasteiger charge is -2.37. The van der Waals surface area contributed by atoms with Crippen molar-refractivity contribution in [3.8, 4) is 5.69 Å². The molecule has 0 bridgehead atoms. The number of aromatic nitrogens is 6. The van der Waals surface area contributed by atoms with Crippen LogP contribution in [-0.2, 0) is 71.4 Å². The molecule has 468 valence electrons. The van der Waals surface area contributed by atoms with Crippen LogP contribution >= 0.6 is 91.8 Å². The van der Waals surface area contributed by atoms with Gasteiger partial charge in [0.15, 0.2) is 0 Å². The molecule has 0 radical (unpaired) electrons. The van der Waals surface area contributed by atoms with Gasteiger partial charge in [-0.3, -0.25) is 14.9 Å². The van der Waals surface area contributed by atoms with E-state index in [1.807, 2.05) is 67.3 Å². The minimum Gasteiger partial charge on any atom is -0.387 e. The largest absolute Gasteiger partial charge is 0.387 e. The summed E-state index contributed by atoms with van der Waals surface area (Å²) in [6.45, 7) is 15.0. The van der Waals surface area contributed by atoms with Gasteiger partial charge in [0.05, 0.1) is 42.6 Å². The van der Waals surface area contributed by atoms with Crippen LogP contribution < -0.4 is 0 Å². The van der Waals surface area contributed by atoms with Gasteiger partial charge in [0.2, 0.25) is 0 Å². The normalized spacial score (nSPS) is 17.3. The summed E-state index contributed by atoms with van der Waals surface area (Å²) in [5, 5.41) is 18.6. The van der Waals surface area contributed by atoms with Gasteiger partial charge in [-0.05, 0) is 143 Å². The van der Waals surface area contributed by atoms with Crippen LogP contribution in [0.4, 0.5) is 4.39 Å². The third-order valence-electron chi connectivity index (χ3n) is 18.5. The quantitative estimate of drug-likeness (QED) is 0.154. The molecule has 3 unspecified atom stereocenters. The second-order valence-electron chi connectivity index (χ2n) is 24.6. The number of aliphatic hydroxyl groups is 1. The third kappa shape index (κ3) is 12.8. The predicted octanol–water partition coefficient (Wildman–Crippen LogP) is 17.6. The zero-order valence-electron chi connectivity index (χ0n) is 51.6. The molecule has 16 rings (SSSR count). The number of hydrogen-bond donors (Lipinski definition) is 1. The Morgan fingerprint density at radius 2 is 1.22 bits per heavy atom. The summed E-state index contributed by atoms with van der Waals surface area (Å²) in [4.78, 5) is 23.0. The van der Waals surface area contributed by atoms with Crippen LogP contribution in [0.2, 0.25) is 18.0 Å². The molecule has 12 aromatic rings. The lowest BCUT2D eigenvalue weighted by molar-refractivity contribution is 0.156. The van der Waals surface area contributed by atoms with E-state index in [-0.39, 0.29) is 5.82 Å². The number of hydrogen-bond acceptors (Lipinski definition) is 11. The topological polar surface area (TPSA) is 78.7 Å². The molecule has 0 aliphatic carbocycles. The minimum atomic E-state index is -0.503. The van der Waals surface area contributed by atoms with E-state index < -0.39 is 6.10 Å². The van der Waals surface area contributed by atoms with E-state index in [4.69, 9.17) is 46.4 Å². The fraction of sp³-hybridized carbons (Fsp3) is 0.343. The number of pyridine rings is 2. The van der Waals surface area contributed by atoms with E-state index in [1.54, 1.807) is 57.5 Å². The van der Waals surface area contributed by atoms with Crippen molar-refractivity contribution in [2.75, 3.05) is 47.8 Å². The summed E-state index contributed by atoms with van der Waals surface area (Å²) >= 11 is 32.0. The van der Waals surface area contributed by atoms with Crippen molar-refractivity contribution in [3.63, 3.8) is 0 Å². The van der Waals surface area contributed by atoms with Crippen LogP contribution in [0.15, 0.2) is 121 Å². The van der Waals surface area contributed by atoms with Gasteiger partial charge in [-0.15, -0.1) is 45.3 Å². The van der Waals surface area contributed by atoms with Crippen molar-refractivity contribution in [1.29, 1.82) is 0 Å². The van der Waals surface area contributed by atoms with Crippen molar-refractivity contribution in [3.05, 3.63) is 212 Å². The molecule has 2 aromatic carbocycles. The minimum absolute atomic E-state index is 0.185. The molecule has 4 aliphatic heterocycles. The van der Waals surface area contributed by atoms with E-state index in [9.17, 15) is 9.50 Å². The lowest BCUT2D eigenvalue weighted by Crippen LogP contribution is -2.38. The van der Waals surface area contributed by atoms with Crippen molar-refractivity contribution < 1.29 is 9.50 Å². The zero-order valence-corrected chi connectivity index (χ0v) is 57.9. The van der Waals surface area contributed by atoms with E-state index in [0.29, 0.717) is 25.2 Å². The Balaban J connectivity index is 0.000000110. The molecular weight excluding hydrogens is 1290 g/mol. The average molecular weight is 1360 g/mol. The number of fused-ring (bicyclic) bond motifs is 12. The van der Waals surface area contributed by atoms with Gasteiger partial charge in [-0.25, -0.2) is 4.39 Å². The summed E-state index contributed by atoms with van der Waals surface area (Å²) in [5.74, 6) is -0.185. The second-order valence-corrected chi connectivity index (χ2v) is 30.8. The SMILES string of the molecule is CC1Cc2c(c3c(Cl)csc3n2Cc2cccc(F)c2)C(C)N1C.CN1CCc2c(c3cc(Cl)sc3n2CC(O)c2ccccc2)C1.CN1CCc2c(c3cc(Cl)sc3n2CCc2ccncc2)C1.Cc1ccc(-n2c3c(c4cc(Cl)sc42)CN(C)CC3)cn1. The summed E-state index contributed by atoms with van der Waals surface area (Å²) < 4.78 is 25.6. The molecule has 0 amide bonds. The fourth-order valence-corrected chi connectivity index (χ4v) is 19.0. The number of aliphatic hydroxyl groups excluding tert-OH is 1. The summed E-state index contributed by atoms with van der Waals surface area (Å²) in [6.07, 6.45) is 10.4. The highest BCUT2D eigenvalue weighted by Crippen LogP contribution is 2.46. The molecule has 14 heterocycles. The maximum absolute atomic E-state index is 13.6. The number of benzene rings is 2. The van der Waals surface area contributed by atoms with Crippen LogP contribution in [0.5, 0.6) is 0 Å². The number of likely N-dealkylation sites (N-methyl/N-ethyl adjacent to an activating group) is 4. The van der Waals surface area contributed by atoms with Gasteiger partial charge in [0.25, 0.3) is 0 Å². The Kier molecular flexibility index (Phi) is 18.9. The standard InChI is InChI=1S/C19H20ClFN2S.C18H19ClN2OS.C17H18ClN3S.C16H16ClN3S/c1-11-7-16-17(12(2)22(11)3)18-15(20)10-24-19(18)23(16)9-13-5-4-6-14(21)8-13;1-20-8-7-15-14(10-20)13-9-17(19)23-18(13)21(15)11-16(22)12-5-3-2-4-6-12;1-20-8-5-15-14(11-20)13-10-16(18)22-17(13)21(15)9-4-12-2-6-19-7-3-12;1-10-3-4-11(8-18-10)20-14-5-6-19(2)9-13(14)12-7-15(17)21-16(12)20/h4-6,8,10-12H,7,9H2,1-3H3;2-6,9,16,22H,7-8,10-11H2,1H3;2-3,6-7,10H,4-5,8-9,11H2,1H3;3-4,7-8H,5-6,9H2,1-2H3. The fourth-order valence-electron chi connectivity index (χ4n) is 13.8. The molecular formula is C70H73Cl4FN10OS4. The van der Waals surface area contributed by atoms with Crippen LogP contribution in [0.1, 0.15) is 93.4 Å². The van der Waals surface area contributed by atoms with Gasteiger partial charge in [-0.2, -0.15) is 0 Å². The number of aryl methyl sites for hydroxylation is 3. The van der Waals surface area contributed by atoms with Crippen molar-refractivity contribution in [1.82, 2.24) is 47.8 Å². The third-order valence-corrected chi connectivity index (χ3v) is 23.8. The number of halogens is 5. The Bertz CT molecular complexity index is 4520. The molecule has 90 heavy (non-hydrogen) atoms. The van der Waals surface area contributed by atoms with Crippen LogP contribution in [0.3, 0.4) is 0 Å². The van der Waals surface area contributed by atoms with Gasteiger partial charge in [-0.1, -0.05) is 88.9 Å². The van der Waals surface area contributed by atoms with Gasteiger partial charge < -0.3 is 38.1 Å². The Morgan fingerprint density at radius 3 is 1.84 bits per heavy atom. The summed E-state index contributed by atoms with van der Waals surface area (Å²) in [5.41, 5.74) is 16.7. The monoisotopic (exact) mass is 1360 g/mol. The van der Waals surface area contributed by atoms with Crippen LogP contribution in [0.25, 0.3) is 46.6 Å². The van der Waals surface area contributed by atoms with E-state index in [1.165, 1.54) is 97.5 Å². The Labute approximate surface area is 561 Å². The molecule has 0 saturated heterocycles. The molecule has 10 aromatic heterocycles. The van der Waals surface area contributed by atoms with Crippen molar-refractivity contribution in [2.45, 2.75) is 110 Å². The van der Waals surface area contributed by atoms with E-state index in [0.717, 1.165) is 118 Å². The predicted molar refractivity (Wildman–Crippen MR) is 377 cm³/mol. The molecule has 11 nitrogen and oxygen atoms in total. The van der Waals surface area contributed by atoms with Crippen LogP contribution in [-0.4, -0.2) is 107 Å². The summed E-state index contributed by atoms with van der Waals surface area (Å²) in [7, 11) is 8.69. The van der Waals surface area contributed by atoms with Gasteiger partial charge in [0, 0.05) is 163 Å². The first-order valence-electron chi connectivity index (χ1n) is 30.7. The summed E-state index contributed by atoms with van der Waals surface area (Å²) in [6, 6.07) is 32.3. The Morgan fingerprint density at radius 1 is 0.633 bits per heavy atom. The number of nitrogens with zero attached hydrogens (tertiary/aromatic N) is 10. The molecule has 0 spiro atoms. The first kappa shape index (κ1) is 63.4. The average Bonchev–Trinajstić information content (AvgIpc) is 1.62. The molecule has 1 N–H and O–H groups in total. The van der Waals surface area contributed by atoms with Crippen molar-refractivity contribution >= 4 is 133 Å². The van der Waals surface area contributed by atoms with Crippen molar-refractivity contribution in [2.24, 2.45) is 0 Å². The van der Waals surface area contributed by atoms with E-state index in [2.05, 4.69) is 132 Å². The maximum Gasteiger partial charge on any atom is 0.123 e. The maximum atomic E-state index is 13.6. The highest BCUT2D eigenvalue weighted by atomic mass is 35.5. The van der Waals surface area contributed by atoms with Crippen LogP contribution in [0, 0.1) is 12.7 Å². The molecule has 0 fully saturated rings. The molecule has 20 heteroatoms. The van der Waals surface area contributed by atoms with E-state index >= 15 is 0 Å². The number of rotatable bonds is 9. The first-order valence-corrected chi connectivity index (χ1v) is 35.5. The second kappa shape index (κ2) is 26.9.